The van der Waals surface area contributed by atoms with Crippen molar-refractivity contribution in [3.63, 3.8) is 0 Å². The Labute approximate surface area is 108 Å². The van der Waals surface area contributed by atoms with Crippen LogP contribution in [0.15, 0.2) is 36.5 Å². The summed E-state index contributed by atoms with van der Waals surface area (Å²) < 4.78 is 25.7. The van der Waals surface area contributed by atoms with Crippen LogP contribution < -0.4 is 11.1 Å². The van der Waals surface area contributed by atoms with Crippen molar-refractivity contribution in [1.82, 2.24) is 4.98 Å². The lowest BCUT2D eigenvalue weighted by Gasteiger charge is -2.05. The highest BCUT2D eigenvalue weighted by molar-refractivity contribution is 6.02. The zero-order chi connectivity index (χ0) is 13.8. The van der Waals surface area contributed by atoms with Crippen molar-refractivity contribution in [1.29, 1.82) is 0 Å². The molecule has 0 radical (unpaired) electrons. The van der Waals surface area contributed by atoms with E-state index in [9.17, 15) is 13.6 Å². The molecule has 0 unspecified atom stereocenters. The molecule has 0 aliphatic rings. The standard InChI is InChI=1S/C13H11F2N3O/c14-10-3-2-9(5-11(10)15)18-13(19)12-4-1-8(6-16)7-17-12/h1-5,7H,6,16H2,(H,18,19). The van der Waals surface area contributed by atoms with Gasteiger partial charge in [-0.25, -0.2) is 8.78 Å². The Balaban J connectivity index is 2.13. The van der Waals surface area contributed by atoms with Crippen molar-refractivity contribution in [2.24, 2.45) is 5.73 Å². The third-order valence-corrected chi connectivity index (χ3v) is 2.47. The minimum Gasteiger partial charge on any atom is -0.326 e. The average molecular weight is 263 g/mol. The van der Waals surface area contributed by atoms with Crippen LogP contribution in [0.3, 0.4) is 0 Å². The molecule has 0 aliphatic heterocycles. The van der Waals surface area contributed by atoms with Crippen LogP contribution in [0.5, 0.6) is 0 Å². The summed E-state index contributed by atoms with van der Waals surface area (Å²) in [7, 11) is 0. The molecule has 0 aliphatic carbocycles. The minimum atomic E-state index is -1.02. The first-order valence-corrected chi connectivity index (χ1v) is 5.51. The maximum Gasteiger partial charge on any atom is 0.274 e. The molecule has 98 valence electrons. The number of nitrogens with two attached hydrogens (primary N) is 1. The van der Waals surface area contributed by atoms with Crippen LogP contribution in [0.1, 0.15) is 16.1 Å². The number of nitrogens with one attached hydrogen (secondary N) is 1. The average Bonchev–Trinajstić information content (AvgIpc) is 2.43. The smallest absolute Gasteiger partial charge is 0.274 e. The fraction of sp³-hybridized carbons (Fsp3) is 0.0769. The topological polar surface area (TPSA) is 68.0 Å². The van der Waals surface area contributed by atoms with Crippen LogP contribution in [0.25, 0.3) is 0 Å². The van der Waals surface area contributed by atoms with Gasteiger partial charge in [-0.15, -0.1) is 0 Å². The number of hydrogen-bond acceptors (Lipinski definition) is 3. The van der Waals surface area contributed by atoms with Crippen molar-refractivity contribution in [3.05, 3.63) is 59.4 Å². The second-order valence-electron chi connectivity index (χ2n) is 3.84. The highest BCUT2D eigenvalue weighted by Gasteiger charge is 2.09. The van der Waals surface area contributed by atoms with Crippen LogP contribution in [0.4, 0.5) is 14.5 Å². The number of benzene rings is 1. The fourth-order valence-electron chi connectivity index (χ4n) is 1.45. The van der Waals surface area contributed by atoms with Crippen molar-refractivity contribution < 1.29 is 13.6 Å². The van der Waals surface area contributed by atoms with Crippen molar-refractivity contribution >= 4 is 11.6 Å². The molecule has 0 spiro atoms. The highest BCUT2D eigenvalue weighted by Crippen LogP contribution is 2.14. The molecule has 1 aromatic carbocycles. The van der Waals surface area contributed by atoms with Gasteiger partial charge in [-0.1, -0.05) is 6.07 Å². The Morgan fingerprint density at radius 2 is 2.00 bits per heavy atom. The molecule has 4 nitrogen and oxygen atoms in total. The van der Waals surface area contributed by atoms with Crippen LogP contribution >= 0.6 is 0 Å². The van der Waals surface area contributed by atoms with Gasteiger partial charge in [0.15, 0.2) is 11.6 Å². The van der Waals surface area contributed by atoms with Gasteiger partial charge in [-0.05, 0) is 23.8 Å². The Hall–Kier alpha value is -2.34. The predicted molar refractivity (Wildman–Crippen MR) is 66.4 cm³/mol. The largest absolute Gasteiger partial charge is 0.326 e. The molecular weight excluding hydrogens is 252 g/mol. The molecule has 0 saturated carbocycles. The maximum atomic E-state index is 13.0. The van der Waals surface area contributed by atoms with Gasteiger partial charge in [0.2, 0.25) is 0 Å². The highest BCUT2D eigenvalue weighted by atomic mass is 19.2. The molecule has 2 aromatic rings. The Morgan fingerprint density at radius 3 is 2.58 bits per heavy atom. The SMILES string of the molecule is NCc1ccc(C(=O)Nc2ccc(F)c(F)c2)nc1. The summed E-state index contributed by atoms with van der Waals surface area (Å²) in [6.45, 7) is 0.331. The first-order chi connectivity index (χ1) is 9.10. The number of nitrogens with zero attached hydrogens (tertiary/aromatic N) is 1. The monoisotopic (exact) mass is 263 g/mol. The second-order valence-corrected chi connectivity index (χ2v) is 3.84. The molecule has 3 N–H and O–H groups in total. The van der Waals surface area contributed by atoms with E-state index in [2.05, 4.69) is 10.3 Å². The summed E-state index contributed by atoms with van der Waals surface area (Å²) in [6, 6.07) is 6.30. The van der Waals surface area contributed by atoms with Crippen LogP contribution in [-0.4, -0.2) is 10.9 Å². The number of anilines is 1. The van der Waals surface area contributed by atoms with E-state index >= 15 is 0 Å². The number of halogens is 2. The number of pyridine rings is 1. The zero-order valence-corrected chi connectivity index (χ0v) is 9.86. The molecule has 2 rings (SSSR count). The molecule has 0 atom stereocenters. The van der Waals surface area contributed by atoms with Gasteiger partial charge in [0.05, 0.1) is 0 Å². The van der Waals surface area contributed by atoms with E-state index in [1.54, 1.807) is 6.07 Å². The number of hydrogen-bond donors (Lipinski definition) is 2. The van der Waals surface area contributed by atoms with Gasteiger partial charge in [0.25, 0.3) is 5.91 Å². The van der Waals surface area contributed by atoms with E-state index in [0.29, 0.717) is 6.54 Å². The third kappa shape index (κ3) is 3.11. The van der Waals surface area contributed by atoms with E-state index < -0.39 is 17.5 Å². The molecule has 1 heterocycles. The Bertz CT molecular complexity index is 599. The van der Waals surface area contributed by atoms with Crippen molar-refractivity contribution in [2.45, 2.75) is 6.54 Å². The van der Waals surface area contributed by atoms with Crippen LogP contribution in [-0.2, 0) is 6.54 Å². The van der Waals surface area contributed by atoms with E-state index in [1.807, 2.05) is 0 Å². The summed E-state index contributed by atoms with van der Waals surface area (Å²) in [5.41, 5.74) is 6.54. The summed E-state index contributed by atoms with van der Waals surface area (Å²) >= 11 is 0. The molecule has 0 fully saturated rings. The molecule has 0 saturated heterocycles. The van der Waals surface area contributed by atoms with E-state index in [4.69, 9.17) is 5.73 Å². The molecule has 1 amide bonds. The number of aromatic nitrogens is 1. The quantitative estimate of drug-likeness (QED) is 0.890. The van der Waals surface area contributed by atoms with Gasteiger partial charge in [0, 0.05) is 24.5 Å². The number of rotatable bonds is 3. The zero-order valence-electron chi connectivity index (χ0n) is 9.86. The molecular formula is C13H11F2N3O. The van der Waals surface area contributed by atoms with E-state index in [1.165, 1.54) is 18.3 Å². The minimum absolute atomic E-state index is 0.161. The fourth-order valence-corrected chi connectivity index (χ4v) is 1.45. The van der Waals surface area contributed by atoms with Gasteiger partial charge >= 0.3 is 0 Å². The lowest BCUT2D eigenvalue weighted by atomic mass is 10.2. The second kappa shape index (κ2) is 5.53. The van der Waals surface area contributed by atoms with E-state index in [-0.39, 0.29) is 11.4 Å². The predicted octanol–water partition coefficient (Wildman–Crippen LogP) is 2.07. The first kappa shape index (κ1) is 13.1. The maximum absolute atomic E-state index is 13.0. The lowest BCUT2D eigenvalue weighted by molar-refractivity contribution is 0.102. The number of amides is 1. The molecule has 0 bridgehead atoms. The summed E-state index contributed by atoms with van der Waals surface area (Å²) in [6.07, 6.45) is 1.49. The summed E-state index contributed by atoms with van der Waals surface area (Å²) in [4.78, 5) is 15.7. The molecule has 19 heavy (non-hydrogen) atoms. The molecule has 6 heteroatoms. The Kier molecular flexibility index (Phi) is 3.82. The van der Waals surface area contributed by atoms with E-state index in [0.717, 1.165) is 17.7 Å². The first-order valence-electron chi connectivity index (χ1n) is 5.51. The Morgan fingerprint density at radius 1 is 1.21 bits per heavy atom. The van der Waals surface area contributed by atoms with Gasteiger partial charge in [-0.2, -0.15) is 0 Å². The van der Waals surface area contributed by atoms with Gasteiger partial charge < -0.3 is 11.1 Å². The lowest BCUT2D eigenvalue weighted by Crippen LogP contribution is -2.14. The van der Waals surface area contributed by atoms with Crippen molar-refractivity contribution in [3.8, 4) is 0 Å². The van der Waals surface area contributed by atoms with Crippen LogP contribution in [0, 0.1) is 11.6 Å². The normalized spacial score (nSPS) is 10.3. The van der Waals surface area contributed by atoms with Gasteiger partial charge in [0.1, 0.15) is 5.69 Å². The van der Waals surface area contributed by atoms with Crippen LogP contribution in [0.2, 0.25) is 0 Å². The van der Waals surface area contributed by atoms with Gasteiger partial charge in [-0.3, -0.25) is 9.78 Å². The number of carbonyl (C=O) groups is 1. The summed E-state index contributed by atoms with van der Waals surface area (Å²) in [5.74, 6) is -2.50. The summed E-state index contributed by atoms with van der Waals surface area (Å²) in [5, 5.41) is 2.42. The van der Waals surface area contributed by atoms with Crippen molar-refractivity contribution in [2.75, 3.05) is 5.32 Å². The number of carbonyl (C=O) groups excluding carboxylic acids is 1. The molecule has 1 aromatic heterocycles. The third-order valence-electron chi connectivity index (χ3n) is 2.47.